The number of carbonyl (C=O) groups excluding carboxylic acids is 1. The van der Waals surface area contributed by atoms with Crippen molar-refractivity contribution in [2.24, 2.45) is 0 Å². The Morgan fingerprint density at radius 3 is 2.37 bits per heavy atom. The number of amides is 2. The Morgan fingerprint density at radius 1 is 1.00 bits per heavy atom. The number of anilines is 1. The Labute approximate surface area is 120 Å². The molecule has 3 N–H and O–H groups in total. The average molecular weight is 320 g/mol. The van der Waals surface area contributed by atoms with Gasteiger partial charge in [-0.05, 0) is 29.8 Å². The number of hydrazine groups is 1. The van der Waals surface area contributed by atoms with Crippen LogP contribution in [-0.4, -0.2) is 6.03 Å². The summed E-state index contributed by atoms with van der Waals surface area (Å²) in [5, 5.41) is 2.72. The molecule has 0 saturated heterocycles. The summed E-state index contributed by atoms with van der Waals surface area (Å²) in [6.07, 6.45) is 0. The maximum Gasteiger partial charge on any atom is 0.333 e. The van der Waals surface area contributed by atoms with Gasteiger partial charge >= 0.3 is 6.03 Å². The number of nitrogens with one attached hydrogen (secondary N) is 3. The van der Waals surface area contributed by atoms with Crippen LogP contribution in [0.15, 0.2) is 59.1 Å². The first-order valence-corrected chi connectivity index (χ1v) is 6.63. The van der Waals surface area contributed by atoms with E-state index in [1.54, 1.807) is 0 Å². The maximum absolute atomic E-state index is 11.6. The van der Waals surface area contributed by atoms with Gasteiger partial charge < -0.3 is 5.32 Å². The number of rotatable bonds is 4. The SMILES string of the molecule is O=C(NNCc1ccccc1)Nc1ccc(Br)cc1. The fourth-order valence-electron chi connectivity index (χ4n) is 1.52. The summed E-state index contributed by atoms with van der Waals surface area (Å²) in [7, 11) is 0. The molecule has 0 unspecified atom stereocenters. The summed E-state index contributed by atoms with van der Waals surface area (Å²) in [5.41, 5.74) is 7.29. The Morgan fingerprint density at radius 2 is 1.68 bits per heavy atom. The van der Waals surface area contributed by atoms with Gasteiger partial charge in [-0.3, -0.25) is 5.43 Å². The van der Waals surface area contributed by atoms with Crippen LogP contribution in [0.2, 0.25) is 0 Å². The van der Waals surface area contributed by atoms with Gasteiger partial charge in [0, 0.05) is 16.7 Å². The molecule has 2 aromatic carbocycles. The molecule has 4 nitrogen and oxygen atoms in total. The van der Waals surface area contributed by atoms with Crippen molar-refractivity contribution < 1.29 is 4.79 Å². The van der Waals surface area contributed by atoms with Crippen LogP contribution in [0.5, 0.6) is 0 Å². The van der Waals surface area contributed by atoms with E-state index in [4.69, 9.17) is 0 Å². The van der Waals surface area contributed by atoms with Gasteiger partial charge in [0.15, 0.2) is 0 Å². The Hall–Kier alpha value is -1.85. The van der Waals surface area contributed by atoms with Crippen molar-refractivity contribution in [1.29, 1.82) is 0 Å². The average Bonchev–Trinajstić information content (AvgIpc) is 2.43. The quantitative estimate of drug-likeness (QED) is 0.757. The molecule has 0 aliphatic rings. The molecule has 0 saturated carbocycles. The van der Waals surface area contributed by atoms with E-state index in [9.17, 15) is 4.79 Å². The van der Waals surface area contributed by atoms with E-state index in [0.717, 1.165) is 15.7 Å². The van der Waals surface area contributed by atoms with Crippen molar-refractivity contribution in [3.05, 3.63) is 64.6 Å². The number of halogens is 1. The third kappa shape index (κ3) is 4.73. The Bertz CT molecular complexity index is 528. The number of urea groups is 1. The lowest BCUT2D eigenvalue weighted by molar-refractivity contribution is 0.248. The standard InChI is InChI=1S/C14H14BrN3O/c15-12-6-8-13(9-7-12)17-14(19)18-16-10-11-4-2-1-3-5-11/h1-9,16H,10H2,(H2,17,18,19). The smallest absolute Gasteiger partial charge is 0.307 e. The highest BCUT2D eigenvalue weighted by molar-refractivity contribution is 9.10. The molecule has 0 heterocycles. The topological polar surface area (TPSA) is 53.2 Å². The fraction of sp³-hybridized carbons (Fsp3) is 0.0714. The summed E-state index contributed by atoms with van der Waals surface area (Å²) in [4.78, 5) is 11.6. The van der Waals surface area contributed by atoms with Crippen molar-refractivity contribution in [2.45, 2.75) is 6.54 Å². The third-order valence-electron chi connectivity index (χ3n) is 2.44. The molecule has 2 rings (SSSR count). The van der Waals surface area contributed by atoms with E-state index < -0.39 is 0 Å². The van der Waals surface area contributed by atoms with E-state index in [-0.39, 0.29) is 6.03 Å². The molecular formula is C14H14BrN3O. The minimum atomic E-state index is -0.293. The summed E-state index contributed by atoms with van der Waals surface area (Å²) in [6.45, 7) is 0.578. The molecule has 98 valence electrons. The lowest BCUT2D eigenvalue weighted by Gasteiger charge is -2.09. The van der Waals surface area contributed by atoms with Crippen molar-refractivity contribution in [3.63, 3.8) is 0 Å². The monoisotopic (exact) mass is 319 g/mol. The van der Waals surface area contributed by atoms with E-state index in [0.29, 0.717) is 6.54 Å². The maximum atomic E-state index is 11.6. The number of benzene rings is 2. The molecule has 2 aromatic rings. The summed E-state index contributed by atoms with van der Waals surface area (Å²) >= 11 is 3.34. The number of hydrogen-bond donors (Lipinski definition) is 3. The second-order valence-electron chi connectivity index (χ2n) is 3.93. The molecule has 19 heavy (non-hydrogen) atoms. The first kappa shape index (κ1) is 13.6. The molecule has 0 spiro atoms. The van der Waals surface area contributed by atoms with Gasteiger partial charge in [-0.25, -0.2) is 10.2 Å². The molecule has 0 fully saturated rings. The van der Waals surface area contributed by atoms with Crippen LogP contribution in [0, 0.1) is 0 Å². The van der Waals surface area contributed by atoms with Gasteiger partial charge in [0.05, 0.1) is 0 Å². The van der Waals surface area contributed by atoms with Gasteiger partial charge in [0.1, 0.15) is 0 Å². The van der Waals surface area contributed by atoms with Gasteiger partial charge in [0.2, 0.25) is 0 Å². The molecule has 5 heteroatoms. The van der Waals surface area contributed by atoms with Gasteiger partial charge in [-0.1, -0.05) is 46.3 Å². The van der Waals surface area contributed by atoms with E-state index >= 15 is 0 Å². The van der Waals surface area contributed by atoms with E-state index in [1.807, 2.05) is 54.6 Å². The van der Waals surface area contributed by atoms with Crippen LogP contribution in [0.1, 0.15) is 5.56 Å². The molecule has 0 radical (unpaired) electrons. The molecule has 0 aliphatic carbocycles. The zero-order valence-corrected chi connectivity index (χ0v) is 11.8. The second-order valence-corrected chi connectivity index (χ2v) is 4.84. The van der Waals surface area contributed by atoms with Crippen molar-refractivity contribution in [2.75, 3.05) is 5.32 Å². The molecule has 0 bridgehead atoms. The highest BCUT2D eigenvalue weighted by Gasteiger charge is 2.00. The minimum absolute atomic E-state index is 0.293. The first-order chi connectivity index (χ1) is 9.24. The Kier molecular flexibility index (Phi) is 4.94. The predicted octanol–water partition coefficient (Wildman–Crippen LogP) is 3.28. The largest absolute Gasteiger partial charge is 0.333 e. The molecule has 2 amide bonds. The number of hydrogen-bond acceptors (Lipinski definition) is 2. The van der Waals surface area contributed by atoms with Gasteiger partial charge in [-0.2, -0.15) is 0 Å². The van der Waals surface area contributed by atoms with E-state index in [1.165, 1.54) is 0 Å². The van der Waals surface area contributed by atoms with E-state index in [2.05, 4.69) is 32.1 Å². The van der Waals surface area contributed by atoms with Gasteiger partial charge in [0.25, 0.3) is 0 Å². The van der Waals surface area contributed by atoms with Crippen molar-refractivity contribution in [3.8, 4) is 0 Å². The van der Waals surface area contributed by atoms with Crippen LogP contribution in [0.4, 0.5) is 10.5 Å². The van der Waals surface area contributed by atoms with Crippen LogP contribution in [0.3, 0.4) is 0 Å². The molecular weight excluding hydrogens is 306 g/mol. The number of carbonyl (C=O) groups is 1. The van der Waals surface area contributed by atoms with Gasteiger partial charge in [-0.15, -0.1) is 0 Å². The highest BCUT2D eigenvalue weighted by atomic mass is 79.9. The van der Waals surface area contributed by atoms with Crippen molar-refractivity contribution in [1.82, 2.24) is 10.9 Å². The summed E-state index contributed by atoms with van der Waals surface area (Å²) < 4.78 is 0.973. The third-order valence-corrected chi connectivity index (χ3v) is 2.97. The van der Waals surface area contributed by atoms with Crippen LogP contribution < -0.4 is 16.2 Å². The first-order valence-electron chi connectivity index (χ1n) is 5.83. The van der Waals surface area contributed by atoms with Crippen LogP contribution >= 0.6 is 15.9 Å². The molecule has 0 atom stereocenters. The van der Waals surface area contributed by atoms with Crippen LogP contribution in [-0.2, 0) is 6.54 Å². The normalized spacial score (nSPS) is 9.95. The minimum Gasteiger partial charge on any atom is -0.307 e. The molecule has 0 aliphatic heterocycles. The zero-order valence-electron chi connectivity index (χ0n) is 10.2. The second kappa shape index (κ2) is 6.92. The fourth-order valence-corrected chi connectivity index (χ4v) is 1.78. The predicted molar refractivity (Wildman–Crippen MR) is 79.6 cm³/mol. The summed E-state index contributed by atoms with van der Waals surface area (Å²) in [5.74, 6) is 0. The van der Waals surface area contributed by atoms with Crippen LogP contribution in [0.25, 0.3) is 0 Å². The van der Waals surface area contributed by atoms with Crippen molar-refractivity contribution >= 4 is 27.6 Å². The lowest BCUT2D eigenvalue weighted by Crippen LogP contribution is -2.39. The summed E-state index contributed by atoms with van der Waals surface area (Å²) in [6, 6.07) is 16.9. The molecule has 0 aromatic heterocycles. The highest BCUT2D eigenvalue weighted by Crippen LogP contribution is 2.13. The lowest BCUT2D eigenvalue weighted by atomic mass is 10.2. The Balaban J connectivity index is 1.74. The zero-order chi connectivity index (χ0) is 13.5.